The fourth-order valence-electron chi connectivity index (χ4n) is 3.77. The summed E-state index contributed by atoms with van der Waals surface area (Å²) in [7, 11) is 1.31. The van der Waals surface area contributed by atoms with Crippen LogP contribution in [-0.2, 0) is 14.3 Å². The van der Waals surface area contributed by atoms with Gasteiger partial charge in [0, 0.05) is 4.47 Å². The molecule has 0 radical (unpaired) electrons. The van der Waals surface area contributed by atoms with Gasteiger partial charge in [0.1, 0.15) is 0 Å². The Hall–Kier alpha value is -3.30. The van der Waals surface area contributed by atoms with Gasteiger partial charge in [-0.15, -0.1) is 0 Å². The largest absolute Gasteiger partial charge is 0.465 e. The van der Waals surface area contributed by atoms with E-state index in [-0.39, 0.29) is 17.7 Å². The van der Waals surface area contributed by atoms with Gasteiger partial charge >= 0.3 is 11.9 Å². The summed E-state index contributed by atoms with van der Waals surface area (Å²) in [4.78, 5) is 43.4. The van der Waals surface area contributed by atoms with Crippen molar-refractivity contribution in [3.8, 4) is 0 Å². The third kappa shape index (κ3) is 4.53. The number of esters is 2. The average Bonchev–Trinajstić information content (AvgIpc) is 3.12. The van der Waals surface area contributed by atoms with Crippen LogP contribution in [0.2, 0.25) is 0 Å². The number of ether oxygens (including phenoxy) is 2. The van der Waals surface area contributed by atoms with Crippen molar-refractivity contribution in [2.24, 2.45) is 4.99 Å². The van der Waals surface area contributed by atoms with E-state index in [9.17, 15) is 14.4 Å². The van der Waals surface area contributed by atoms with Gasteiger partial charge in [-0.3, -0.25) is 9.36 Å². The van der Waals surface area contributed by atoms with Crippen LogP contribution in [0.4, 0.5) is 0 Å². The van der Waals surface area contributed by atoms with Crippen LogP contribution in [0.1, 0.15) is 41.4 Å². The van der Waals surface area contributed by atoms with Gasteiger partial charge in [0.05, 0.1) is 41.1 Å². The zero-order valence-corrected chi connectivity index (χ0v) is 21.1. The molecule has 0 saturated carbocycles. The number of rotatable bonds is 5. The first-order chi connectivity index (χ1) is 16.3. The summed E-state index contributed by atoms with van der Waals surface area (Å²) in [6.45, 7) is 3.64. The molecule has 9 heteroatoms. The van der Waals surface area contributed by atoms with Crippen LogP contribution in [0.5, 0.6) is 0 Å². The van der Waals surface area contributed by atoms with E-state index in [1.54, 1.807) is 44.2 Å². The quantitative estimate of drug-likeness (QED) is 0.463. The van der Waals surface area contributed by atoms with Gasteiger partial charge in [-0.2, -0.15) is 0 Å². The van der Waals surface area contributed by atoms with Crippen LogP contribution in [0, 0.1) is 0 Å². The van der Waals surface area contributed by atoms with Crippen LogP contribution < -0.4 is 14.9 Å². The van der Waals surface area contributed by atoms with Gasteiger partial charge in [0.15, 0.2) is 4.80 Å². The molecule has 0 fully saturated rings. The normalized spacial score (nSPS) is 15.5. The lowest BCUT2D eigenvalue weighted by atomic mass is 9.95. The SMILES string of the molecule is CCOC(=O)C1=C(C)N=c2s/c(=C\c3cccc(Br)c3)c(=O)n2[C@H]1c1ccc(C(=O)OC)cc1. The minimum Gasteiger partial charge on any atom is -0.465 e. The first kappa shape index (κ1) is 23.8. The van der Waals surface area contributed by atoms with E-state index in [1.807, 2.05) is 24.3 Å². The van der Waals surface area contributed by atoms with E-state index in [0.29, 0.717) is 26.2 Å². The Kier molecular flexibility index (Phi) is 6.95. The zero-order valence-electron chi connectivity index (χ0n) is 18.7. The Balaban J connectivity index is 1.92. The summed E-state index contributed by atoms with van der Waals surface area (Å²) in [5, 5.41) is 0. The standard InChI is InChI=1S/C25H21BrN2O5S/c1-4-33-24(31)20-14(2)27-25-28(21(20)16-8-10-17(11-9-16)23(30)32-3)22(29)19(34-25)13-15-6-5-7-18(26)12-15/h5-13,21H,4H2,1-3H3/b19-13-/t21-/m0/s1. The summed E-state index contributed by atoms with van der Waals surface area (Å²) >= 11 is 4.71. The van der Waals surface area contributed by atoms with Crippen molar-refractivity contribution in [3.05, 3.63) is 101 Å². The predicted molar refractivity (Wildman–Crippen MR) is 132 cm³/mol. The van der Waals surface area contributed by atoms with E-state index < -0.39 is 18.0 Å². The minimum absolute atomic E-state index is 0.191. The summed E-state index contributed by atoms with van der Waals surface area (Å²) in [5.41, 5.74) is 2.39. The van der Waals surface area contributed by atoms with E-state index in [1.165, 1.54) is 23.0 Å². The van der Waals surface area contributed by atoms with Crippen molar-refractivity contribution in [1.29, 1.82) is 0 Å². The Labute approximate surface area is 207 Å². The molecular formula is C25H21BrN2O5S. The summed E-state index contributed by atoms with van der Waals surface area (Å²) in [6, 6.07) is 13.5. The topological polar surface area (TPSA) is 87.0 Å². The fraction of sp³-hybridized carbons (Fsp3) is 0.200. The molecule has 34 heavy (non-hydrogen) atoms. The van der Waals surface area contributed by atoms with E-state index >= 15 is 0 Å². The number of aromatic nitrogens is 1. The van der Waals surface area contributed by atoms with Crippen LogP contribution in [0.3, 0.4) is 0 Å². The van der Waals surface area contributed by atoms with E-state index in [4.69, 9.17) is 9.47 Å². The molecule has 0 unspecified atom stereocenters. The molecule has 4 rings (SSSR count). The Morgan fingerprint density at radius 3 is 2.56 bits per heavy atom. The lowest BCUT2D eigenvalue weighted by Gasteiger charge is -2.24. The highest BCUT2D eigenvalue weighted by molar-refractivity contribution is 9.10. The molecule has 1 aliphatic rings. The van der Waals surface area contributed by atoms with Crippen LogP contribution in [0.25, 0.3) is 6.08 Å². The number of benzene rings is 2. The van der Waals surface area contributed by atoms with Crippen molar-refractivity contribution in [1.82, 2.24) is 4.57 Å². The highest BCUT2D eigenvalue weighted by Gasteiger charge is 2.33. The van der Waals surface area contributed by atoms with Gasteiger partial charge < -0.3 is 9.47 Å². The summed E-state index contributed by atoms with van der Waals surface area (Å²) < 4.78 is 13.0. The fourth-order valence-corrected chi connectivity index (χ4v) is 5.24. The van der Waals surface area contributed by atoms with Gasteiger partial charge in [-0.05, 0) is 55.3 Å². The maximum atomic E-state index is 13.6. The number of methoxy groups -OCH3 is 1. The maximum absolute atomic E-state index is 13.6. The third-order valence-corrected chi connectivity index (χ3v) is 6.79. The molecule has 0 aliphatic carbocycles. The molecule has 7 nitrogen and oxygen atoms in total. The van der Waals surface area contributed by atoms with Crippen molar-refractivity contribution < 1.29 is 19.1 Å². The molecule has 2 aromatic carbocycles. The number of fused-ring (bicyclic) bond motifs is 1. The molecule has 3 aromatic rings. The molecule has 0 saturated heterocycles. The first-order valence-electron chi connectivity index (χ1n) is 10.5. The van der Waals surface area contributed by atoms with Crippen molar-refractivity contribution in [2.45, 2.75) is 19.9 Å². The van der Waals surface area contributed by atoms with Gasteiger partial charge in [-0.1, -0.05) is 51.5 Å². The average molecular weight is 541 g/mol. The Morgan fingerprint density at radius 2 is 1.91 bits per heavy atom. The number of carbonyl (C=O) groups is 2. The second-order valence-electron chi connectivity index (χ2n) is 7.47. The first-order valence-corrected chi connectivity index (χ1v) is 12.1. The molecule has 0 amide bonds. The molecule has 2 heterocycles. The van der Waals surface area contributed by atoms with E-state index in [2.05, 4.69) is 20.9 Å². The highest BCUT2D eigenvalue weighted by atomic mass is 79.9. The van der Waals surface area contributed by atoms with Crippen LogP contribution >= 0.6 is 27.3 Å². The smallest absolute Gasteiger partial charge is 0.338 e. The molecule has 174 valence electrons. The molecule has 0 spiro atoms. The molecule has 1 aliphatic heterocycles. The lowest BCUT2D eigenvalue weighted by molar-refractivity contribution is -0.139. The predicted octanol–water partition coefficient (Wildman–Crippen LogP) is 3.35. The number of nitrogens with zero attached hydrogens (tertiary/aromatic N) is 2. The number of hydrogen-bond acceptors (Lipinski definition) is 7. The van der Waals surface area contributed by atoms with Gasteiger partial charge in [0.25, 0.3) is 5.56 Å². The number of carbonyl (C=O) groups excluding carboxylic acids is 2. The van der Waals surface area contributed by atoms with Crippen molar-refractivity contribution in [3.63, 3.8) is 0 Å². The van der Waals surface area contributed by atoms with Gasteiger partial charge in [0.2, 0.25) is 0 Å². The molecular weight excluding hydrogens is 520 g/mol. The number of halogens is 1. The Bertz CT molecular complexity index is 1480. The minimum atomic E-state index is -0.744. The summed E-state index contributed by atoms with van der Waals surface area (Å²) in [5.74, 6) is -1.01. The third-order valence-electron chi connectivity index (χ3n) is 5.31. The van der Waals surface area contributed by atoms with Gasteiger partial charge in [-0.25, -0.2) is 14.6 Å². The number of hydrogen-bond donors (Lipinski definition) is 0. The molecule has 0 bridgehead atoms. The molecule has 0 N–H and O–H groups in total. The van der Waals surface area contributed by atoms with Crippen LogP contribution in [0.15, 0.2) is 74.1 Å². The monoisotopic (exact) mass is 540 g/mol. The van der Waals surface area contributed by atoms with Crippen LogP contribution in [-0.4, -0.2) is 30.2 Å². The lowest BCUT2D eigenvalue weighted by Crippen LogP contribution is -2.40. The van der Waals surface area contributed by atoms with Crippen molar-refractivity contribution >= 4 is 45.3 Å². The number of thiazole rings is 1. The molecule has 1 atom stereocenters. The summed E-state index contributed by atoms with van der Waals surface area (Å²) in [6.07, 6.45) is 1.80. The Morgan fingerprint density at radius 1 is 1.18 bits per heavy atom. The second kappa shape index (κ2) is 9.90. The second-order valence-corrected chi connectivity index (χ2v) is 9.40. The zero-order chi connectivity index (χ0) is 24.4. The maximum Gasteiger partial charge on any atom is 0.338 e. The number of allylic oxidation sites excluding steroid dienone is 1. The van der Waals surface area contributed by atoms with E-state index in [0.717, 1.165) is 10.0 Å². The molecule has 1 aromatic heterocycles. The highest BCUT2D eigenvalue weighted by Crippen LogP contribution is 2.31. The van der Waals surface area contributed by atoms with Crippen molar-refractivity contribution in [2.75, 3.05) is 13.7 Å².